The van der Waals surface area contributed by atoms with Crippen LogP contribution in [0.1, 0.15) is 191 Å². The highest BCUT2D eigenvalue weighted by Gasteiger charge is 2.51. The number of piperidine rings is 2. The Morgan fingerprint density at radius 2 is 1.02 bits per heavy atom. The molecule has 5 fully saturated rings. The molecule has 1 N–H and O–H groups in total. The molecule has 0 amide bonds. The van der Waals surface area contributed by atoms with Gasteiger partial charge in [-0.15, -0.1) is 0 Å². The van der Waals surface area contributed by atoms with Crippen molar-refractivity contribution in [2.24, 2.45) is 0 Å². The van der Waals surface area contributed by atoms with Gasteiger partial charge in [0, 0.05) is 40.3 Å². The molecule has 3 aliphatic carbocycles. The van der Waals surface area contributed by atoms with Crippen molar-refractivity contribution >= 4 is 11.9 Å². The van der Waals surface area contributed by atoms with Gasteiger partial charge in [-0.25, -0.2) is 0 Å². The van der Waals surface area contributed by atoms with Gasteiger partial charge >= 0.3 is 0 Å². The maximum absolute atomic E-state index is 6.94. The molecule has 1 aromatic rings. The summed E-state index contributed by atoms with van der Waals surface area (Å²) >= 11 is 0. The molecule has 3 heterocycles. The minimum atomic E-state index is -0.155. The molecule has 0 bridgehead atoms. The van der Waals surface area contributed by atoms with Crippen molar-refractivity contribution in [3.05, 3.63) is 5.82 Å². The van der Waals surface area contributed by atoms with Gasteiger partial charge in [-0.3, -0.25) is 14.6 Å². The Morgan fingerprint density at radius 3 is 1.47 bits per heavy atom. The number of aryl methyl sites for hydroxylation is 1. The summed E-state index contributed by atoms with van der Waals surface area (Å²) in [6.45, 7) is 21.9. The molecule has 10 heteroatoms. The van der Waals surface area contributed by atoms with E-state index in [2.05, 4.69) is 87.7 Å². The first-order valence-electron chi connectivity index (χ1n) is 21.4. The van der Waals surface area contributed by atoms with Gasteiger partial charge in [0.25, 0.3) is 0 Å². The predicted octanol–water partition coefficient (Wildman–Crippen LogP) is 9.83. The third-order valence-corrected chi connectivity index (χ3v) is 13.1. The van der Waals surface area contributed by atoms with Crippen LogP contribution in [0.3, 0.4) is 0 Å². The molecule has 0 spiro atoms. The van der Waals surface area contributed by atoms with E-state index in [1.54, 1.807) is 0 Å². The quantitative estimate of drug-likeness (QED) is 0.222. The van der Waals surface area contributed by atoms with Crippen molar-refractivity contribution in [3.8, 4) is 0 Å². The highest BCUT2D eigenvalue weighted by atomic mass is 16.7. The van der Waals surface area contributed by atoms with Gasteiger partial charge in [-0.05, 0) is 134 Å². The summed E-state index contributed by atoms with van der Waals surface area (Å²) in [6, 6.07) is 1.05. The van der Waals surface area contributed by atoms with Crippen LogP contribution in [0.2, 0.25) is 0 Å². The Balaban J connectivity index is 0.00000541. The molecule has 0 unspecified atom stereocenters. The smallest absolute Gasteiger partial charge is 0.231 e. The lowest BCUT2D eigenvalue weighted by Crippen LogP contribution is -2.67. The van der Waals surface area contributed by atoms with Gasteiger partial charge < -0.3 is 10.2 Å². The van der Waals surface area contributed by atoms with Gasteiger partial charge in [-0.2, -0.15) is 25.1 Å². The molecule has 3 saturated carbocycles. The maximum atomic E-state index is 6.94. The van der Waals surface area contributed by atoms with Crippen LogP contribution in [0.25, 0.3) is 0 Å². The third kappa shape index (κ3) is 10.4. The molecule has 0 aromatic carbocycles. The molecule has 0 atom stereocenters. The molecule has 10 nitrogen and oxygen atoms in total. The lowest BCUT2D eigenvalue weighted by molar-refractivity contribution is -0.314. The van der Waals surface area contributed by atoms with Crippen LogP contribution in [0.5, 0.6) is 0 Å². The second kappa shape index (κ2) is 17.3. The first-order chi connectivity index (χ1) is 24.5. The Labute approximate surface area is 324 Å². The second-order valence-electron chi connectivity index (χ2n) is 20.0. The lowest BCUT2D eigenvalue weighted by atomic mass is 9.77. The van der Waals surface area contributed by atoms with E-state index in [0.717, 1.165) is 50.1 Å². The predicted molar refractivity (Wildman–Crippen MR) is 219 cm³/mol. The lowest BCUT2D eigenvalue weighted by Gasteiger charge is -2.58. The summed E-state index contributed by atoms with van der Waals surface area (Å²) in [5.41, 5.74) is -0.486. The Hall–Kier alpha value is -1.59. The minimum Gasteiger partial charge on any atom is -0.351 e. The number of hydrogen-bond acceptors (Lipinski definition) is 10. The maximum Gasteiger partial charge on any atom is 0.231 e. The molecule has 0 radical (unpaired) electrons. The summed E-state index contributed by atoms with van der Waals surface area (Å²) in [5, 5.41) is 8.51. The standard InChI is InChI=1S/C42H76N8O2.CH4/c1-31-43-37(45-32-20-14-11-15-21-32)46-38(44-31)48(34-28-41(6,7)50(42(8,9)29-34)52-36-24-18-13-19-25-36)30-47(10)33-26-39(2,3)49(40(4,5)27-33)51-35-22-16-12-17-23-35;/h32-36H,11-30H2,1-10H3,(H,43,44,45,46);1H4. The van der Waals surface area contributed by atoms with Crippen LogP contribution in [-0.2, 0) is 9.68 Å². The van der Waals surface area contributed by atoms with Gasteiger partial charge in [-0.1, -0.05) is 65.2 Å². The van der Waals surface area contributed by atoms with Crippen molar-refractivity contribution in [1.82, 2.24) is 30.0 Å². The highest BCUT2D eigenvalue weighted by molar-refractivity contribution is 5.39. The summed E-state index contributed by atoms with van der Waals surface area (Å²) in [4.78, 5) is 34.1. The Kier molecular flexibility index (Phi) is 13.9. The van der Waals surface area contributed by atoms with Crippen molar-refractivity contribution in [2.75, 3.05) is 23.9 Å². The molecule has 6 rings (SSSR count). The van der Waals surface area contributed by atoms with Crippen LogP contribution in [0.15, 0.2) is 0 Å². The molecule has 5 aliphatic rings. The van der Waals surface area contributed by atoms with Crippen molar-refractivity contribution in [3.63, 3.8) is 0 Å². The molecule has 1 aromatic heterocycles. The van der Waals surface area contributed by atoms with Gasteiger partial charge in [0.2, 0.25) is 11.9 Å². The van der Waals surface area contributed by atoms with E-state index in [0.29, 0.717) is 24.3 Å². The van der Waals surface area contributed by atoms with Crippen LogP contribution >= 0.6 is 0 Å². The van der Waals surface area contributed by atoms with E-state index in [-0.39, 0.29) is 35.6 Å². The summed E-state index contributed by atoms with van der Waals surface area (Å²) in [6.07, 6.45) is 23.4. The first kappa shape index (κ1) is 42.6. The average Bonchev–Trinajstić information content (AvgIpc) is 3.07. The van der Waals surface area contributed by atoms with E-state index in [1.165, 1.54) is 96.3 Å². The normalized spacial score (nSPS) is 26.7. The fraction of sp³-hybridized carbons (Fsp3) is 0.930. The van der Waals surface area contributed by atoms with Crippen LogP contribution < -0.4 is 10.2 Å². The molecular formula is C43H80N8O2. The first-order valence-corrected chi connectivity index (χ1v) is 21.4. The topological polar surface area (TPSA) is 82.1 Å². The van der Waals surface area contributed by atoms with Gasteiger partial charge in [0.1, 0.15) is 5.82 Å². The summed E-state index contributed by atoms with van der Waals surface area (Å²) < 4.78 is 0. The summed E-state index contributed by atoms with van der Waals surface area (Å²) in [5.74, 6) is 2.31. The number of nitrogens with one attached hydrogen (secondary N) is 1. The minimum absolute atomic E-state index is 0. The van der Waals surface area contributed by atoms with Crippen LogP contribution in [0, 0.1) is 6.92 Å². The van der Waals surface area contributed by atoms with Gasteiger partial charge in [0.15, 0.2) is 0 Å². The summed E-state index contributed by atoms with van der Waals surface area (Å²) in [7, 11) is 2.33. The number of rotatable bonds is 11. The van der Waals surface area contributed by atoms with E-state index in [1.807, 2.05) is 6.92 Å². The molecule has 2 aliphatic heterocycles. The molecule has 53 heavy (non-hydrogen) atoms. The monoisotopic (exact) mass is 741 g/mol. The number of aromatic nitrogens is 3. The van der Waals surface area contributed by atoms with Crippen LogP contribution in [-0.4, -0.2) is 96.2 Å². The van der Waals surface area contributed by atoms with E-state index < -0.39 is 0 Å². The Bertz CT molecular complexity index is 1260. The molecule has 304 valence electrons. The van der Waals surface area contributed by atoms with E-state index in [4.69, 9.17) is 24.6 Å². The number of hydrogen-bond donors (Lipinski definition) is 1. The average molecular weight is 741 g/mol. The highest BCUT2D eigenvalue weighted by Crippen LogP contribution is 2.45. The van der Waals surface area contributed by atoms with Gasteiger partial charge in [0.05, 0.1) is 18.9 Å². The zero-order valence-corrected chi connectivity index (χ0v) is 35.0. The van der Waals surface area contributed by atoms with E-state index in [9.17, 15) is 0 Å². The Morgan fingerprint density at radius 1 is 0.604 bits per heavy atom. The van der Waals surface area contributed by atoms with Crippen LogP contribution in [0.4, 0.5) is 11.9 Å². The zero-order chi connectivity index (χ0) is 37.3. The molecule has 2 saturated heterocycles. The largest absolute Gasteiger partial charge is 0.351 e. The fourth-order valence-electron chi connectivity index (χ4n) is 11.0. The third-order valence-electron chi connectivity index (χ3n) is 13.1. The van der Waals surface area contributed by atoms with E-state index >= 15 is 0 Å². The fourth-order valence-corrected chi connectivity index (χ4v) is 11.0. The zero-order valence-electron chi connectivity index (χ0n) is 35.0. The van der Waals surface area contributed by atoms with Crippen molar-refractivity contribution in [2.45, 2.75) is 244 Å². The number of anilines is 2. The van der Waals surface area contributed by atoms with Crippen molar-refractivity contribution in [1.29, 1.82) is 0 Å². The molecular weight excluding hydrogens is 661 g/mol. The second-order valence-corrected chi connectivity index (χ2v) is 20.0. The number of nitrogens with zero attached hydrogens (tertiary/aromatic N) is 7. The SMILES string of the molecule is C.Cc1nc(NC2CCCCC2)nc(N(CN(C)C2CC(C)(C)N(OC3CCCCC3)C(C)(C)C2)C2CC(C)(C)N(OC3CCCCC3)C(C)(C)C2)n1. The number of hydroxylamine groups is 4. The van der Waals surface area contributed by atoms with Crippen molar-refractivity contribution < 1.29 is 9.68 Å².